The van der Waals surface area contributed by atoms with Gasteiger partial charge in [-0.15, -0.1) is 11.3 Å². The molecule has 0 aliphatic rings. The summed E-state index contributed by atoms with van der Waals surface area (Å²) in [6.45, 7) is 2.09. The van der Waals surface area contributed by atoms with Gasteiger partial charge in [0.05, 0.1) is 11.3 Å². The number of hydrogen-bond donors (Lipinski definition) is 2. The lowest BCUT2D eigenvalue weighted by atomic mass is 10.1. The number of pyridine rings is 1. The first kappa shape index (κ1) is 14.3. The van der Waals surface area contributed by atoms with E-state index < -0.39 is 5.97 Å². The third-order valence-electron chi connectivity index (χ3n) is 3.21. The number of nitrogen functional groups attached to an aromatic ring is 1. The molecule has 3 N–H and O–H groups in total. The highest BCUT2D eigenvalue weighted by Gasteiger charge is 2.16. The Morgan fingerprint density at radius 2 is 2.35 bits per heavy atom. The van der Waals surface area contributed by atoms with Gasteiger partial charge in [-0.05, 0) is 24.4 Å². The van der Waals surface area contributed by atoms with E-state index in [0.29, 0.717) is 11.5 Å². The van der Waals surface area contributed by atoms with Crippen LogP contribution in [-0.2, 0) is 6.42 Å². The topological polar surface area (TPSA) is 79.5 Å². The standard InChI is InChI=1S/C14H17N3O2S/c1-9(6-11-4-3-5-20-11)17(2)13-12(15)7-10(8-16-13)14(18)19/h3-5,7-9H,6,15H2,1-2H3,(H,18,19). The molecule has 0 spiro atoms. The minimum absolute atomic E-state index is 0.102. The summed E-state index contributed by atoms with van der Waals surface area (Å²) in [4.78, 5) is 18.3. The summed E-state index contributed by atoms with van der Waals surface area (Å²) < 4.78 is 0. The SMILES string of the molecule is CC(Cc1cccs1)N(C)c1ncc(C(=O)O)cc1N. The molecule has 20 heavy (non-hydrogen) atoms. The number of anilines is 2. The van der Waals surface area contributed by atoms with Gasteiger partial charge in [0.1, 0.15) is 0 Å². The Labute approximate surface area is 121 Å². The van der Waals surface area contributed by atoms with E-state index in [1.807, 2.05) is 18.0 Å². The van der Waals surface area contributed by atoms with Gasteiger partial charge in [0, 0.05) is 30.6 Å². The lowest BCUT2D eigenvalue weighted by Crippen LogP contribution is -2.32. The van der Waals surface area contributed by atoms with Crippen LogP contribution in [0.25, 0.3) is 0 Å². The van der Waals surface area contributed by atoms with Gasteiger partial charge in [-0.3, -0.25) is 0 Å². The number of carboxylic acids is 1. The number of thiophene rings is 1. The van der Waals surface area contributed by atoms with Gasteiger partial charge in [-0.1, -0.05) is 6.07 Å². The minimum atomic E-state index is -1.02. The maximum Gasteiger partial charge on any atom is 0.337 e. The molecule has 2 rings (SSSR count). The molecule has 0 saturated heterocycles. The molecule has 1 atom stereocenters. The zero-order valence-corrected chi connectivity index (χ0v) is 12.2. The molecule has 0 saturated carbocycles. The molecule has 0 bridgehead atoms. The number of aromatic carboxylic acids is 1. The Kier molecular flexibility index (Phi) is 4.24. The zero-order valence-electron chi connectivity index (χ0n) is 11.4. The number of rotatable bonds is 5. The predicted molar refractivity (Wildman–Crippen MR) is 81.5 cm³/mol. The molecule has 2 aromatic rings. The summed E-state index contributed by atoms with van der Waals surface area (Å²) in [5.41, 5.74) is 6.39. The summed E-state index contributed by atoms with van der Waals surface area (Å²) in [6, 6.07) is 5.79. The number of hydrogen-bond acceptors (Lipinski definition) is 5. The molecule has 0 aromatic carbocycles. The van der Waals surface area contributed by atoms with Gasteiger partial charge < -0.3 is 15.7 Å². The van der Waals surface area contributed by atoms with Crippen LogP contribution in [0.15, 0.2) is 29.8 Å². The monoisotopic (exact) mass is 291 g/mol. The number of nitrogens with two attached hydrogens (primary N) is 1. The van der Waals surface area contributed by atoms with Crippen molar-refractivity contribution >= 4 is 28.8 Å². The first-order valence-corrected chi connectivity index (χ1v) is 7.11. The van der Waals surface area contributed by atoms with Gasteiger partial charge in [0.2, 0.25) is 0 Å². The summed E-state index contributed by atoms with van der Waals surface area (Å²) in [5, 5.41) is 11.0. The second kappa shape index (κ2) is 5.92. The summed E-state index contributed by atoms with van der Waals surface area (Å²) in [6.07, 6.45) is 2.23. The smallest absolute Gasteiger partial charge is 0.337 e. The third-order valence-corrected chi connectivity index (χ3v) is 4.11. The Balaban J connectivity index is 2.16. The van der Waals surface area contributed by atoms with Crippen LogP contribution in [0.5, 0.6) is 0 Å². The fraction of sp³-hybridized carbons (Fsp3) is 0.286. The first-order valence-electron chi connectivity index (χ1n) is 6.23. The van der Waals surface area contributed by atoms with E-state index in [2.05, 4.69) is 23.4 Å². The van der Waals surface area contributed by atoms with Gasteiger partial charge in [-0.25, -0.2) is 9.78 Å². The molecule has 0 aliphatic carbocycles. The van der Waals surface area contributed by atoms with Gasteiger partial charge >= 0.3 is 5.97 Å². The zero-order chi connectivity index (χ0) is 14.7. The molecule has 5 nitrogen and oxygen atoms in total. The van der Waals surface area contributed by atoms with E-state index >= 15 is 0 Å². The van der Waals surface area contributed by atoms with E-state index in [1.54, 1.807) is 11.3 Å². The molecule has 106 valence electrons. The molecule has 0 amide bonds. The van der Waals surface area contributed by atoms with Crippen LogP contribution in [0.2, 0.25) is 0 Å². The molecule has 0 aliphatic heterocycles. The lowest BCUT2D eigenvalue weighted by molar-refractivity contribution is 0.0696. The van der Waals surface area contributed by atoms with Crippen molar-refractivity contribution in [3.05, 3.63) is 40.2 Å². The van der Waals surface area contributed by atoms with Crippen LogP contribution in [-0.4, -0.2) is 29.1 Å². The molecular formula is C14H17N3O2S. The number of carbonyl (C=O) groups is 1. The number of nitrogens with zero attached hydrogens (tertiary/aromatic N) is 2. The van der Waals surface area contributed by atoms with Crippen molar-refractivity contribution in [2.24, 2.45) is 0 Å². The molecule has 2 heterocycles. The minimum Gasteiger partial charge on any atom is -0.478 e. The highest BCUT2D eigenvalue weighted by Crippen LogP contribution is 2.23. The summed E-state index contributed by atoms with van der Waals surface area (Å²) >= 11 is 1.72. The maximum atomic E-state index is 10.9. The first-order chi connectivity index (χ1) is 9.49. The van der Waals surface area contributed by atoms with E-state index in [-0.39, 0.29) is 11.6 Å². The second-order valence-electron chi connectivity index (χ2n) is 4.69. The largest absolute Gasteiger partial charge is 0.478 e. The normalized spacial score (nSPS) is 12.1. The average Bonchev–Trinajstić information content (AvgIpc) is 2.90. The molecule has 2 aromatic heterocycles. The molecule has 6 heteroatoms. The maximum absolute atomic E-state index is 10.9. The van der Waals surface area contributed by atoms with Crippen molar-refractivity contribution < 1.29 is 9.90 Å². The molecule has 0 radical (unpaired) electrons. The van der Waals surface area contributed by atoms with Gasteiger partial charge in [0.15, 0.2) is 5.82 Å². The summed E-state index contributed by atoms with van der Waals surface area (Å²) in [5.74, 6) is -0.413. The van der Waals surface area contributed by atoms with E-state index in [1.165, 1.54) is 17.1 Å². The van der Waals surface area contributed by atoms with Crippen molar-refractivity contribution in [1.82, 2.24) is 4.98 Å². The fourth-order valence-electron chi connectivity index (χ4n) is 1.95. The number of aromatic nitrogens is 1. The van der Waals surface area contributed by atoms with E-state index in [4.69, 9.17) is 10.8 Å². The third kappa shape index (κ3) is 3.08. The summed E-state index contributed by atoms with van der Waals surface area (Å²) in [7, 11) is 1.91. The Morgan fingerprint density at radius 3 is 2.90 bits per heavy atom. The molecular weight excluding hydrogens is 274 g/mol. The Bertz CT molecular complexity index is 598. The van der Waals surface area contributed by atoms with Crippen LogP contribution in [0.1, 0.15) is 22.2 Å². The molecule has 1 unspecified atom stereocenters. The van der Waals surface area contributed by atoms with Gasteiger partial charge in [-0.2, -0.15) is 0 Å². The Hall–Kier alpha value is -2.08. The molecule has 0 fully saturated rings. The van der Waals surface area contributed by atoms with Crippen molar-refractivity contribution in [2.75, 3.05) is 17.7 Å². The van der Waals surface area contributed by atoms with E-state index in [0.717, 1.165) is 6.42 Å². The lowest BCUT2D eigenvalue weighted by Gasteiger charge is -2.26. The van der Waals surface area contributed by atoms with Crippen molar-refractivity contribution in [3.8, 4) is 0 Å². The van der Waals surface area contributed by atoms with Gasteiger partial charge in [0.25, 0.3) is 0 Å². The number of carboxylic acid groups (broad SMARTS) is 1. The Morgan fingerprint density at radius 1 is 1.60 bits per heavy atom. The number of likely N-dealkylation sites (N-methyl/N-ethyl adjacent to an activating group) is 1. The highest BCUT2D eigenvalue weighted by molar-refractivity contribution is 7.09. The highest BCUT2D eigenvalue weighted by atomic mass is 32.1. The van der Waals surface area contributed by atoms with Crippen LogP contribution >= 0.6 is 11.3 Å². The van der Waals surface area contributed by atoms with Crippen molar-refractivity contribution in [1.29, 1.82) is 0 Å². The van der Waals surface area contributed by atoms with E-state index in [9.17, 15) is 4.79 Å². The van der Waals surface area contributed by atoms with Crippen LogP contribution < -0.4 is 10.6 Å². The van der Waals surface area contributed by atoms with Crippen LogP contribution in [0, 0.1) is 0 Å². The quantitative estimate of drug-likeness (QED) is 0.884. The second-order valence-corrected chi connectivity index (χ2v) is 5.72. The van der Waals surface area contributed by atoms with Crippen molar-refractivity contribution in [2.45, 2.75) is 19.4 Å². The van der Waals surface area contributed by atoms with Crippen LogP contribution in [0.4, 0.5) is 11.5 Å². The fourth-order valence-corrected chi connectivity index (χ4v) is 2.78. The van der Waals surface area contributed by atoms with Crippen LogP contribution in [0.3, 0.4) is 0 Å². The average molecular weight is 291 g/mol. The van der Waals surface area contributed by atoms with Crippen molar-refractivity contribution in [3.63, 3.8) is 0 Å². The predicted octanol–water partition coefficient (Wildman–Crippen LogP) is 2.49.